The van der Waals surface area contributed by atoms with Crippen LogP contribution in [0.5, 0.6) is 0 Å². The molecule has 0 fully saturated rings. The molecule has 1 rings (SSSR count). The predicted molar refractivity (Wildman–Crippen MR) is 46.1 cm³/mol. The van der Waals surface area contributed by atoms with Crippen molar-refractivity contribution in [2.75, 3.05) is 6.54 Å². The highest BCUT2D eigenvalue weighted by atomic mass is 19.4. The Hall–Kier alpha value is -1.11. The van der Waals surface area contributed by atoms with Crippen molar-refractivity contribution in [3.05, 3.63) is 11.8 Å². The Bertz CT molecular complexity index is 308. The number of halogens is 3. The van der Waals surface area contributed by atoms with Gasteiger partial charge in [0.2, 0.25) is 5.89 Å². The average Bonchev–Trinajstić information content (AvgIpc) is 2.51. The van der Waals surface area contributed by atoms with Gasteiger partial charge in [0.15, 0.2) is 0 Å². The maximum atomic E-state index is 12.0. The fourth-order valence-electron chi connectivity index (χ4n) is 0.937. The maximum Gasteiger partial charge on any atom is 0.470 e. The third-order valence-corrected chi connectivity index (χ3v) is 1.60. The zero-order valence-electron chi connectivity index (χ0n) is 8.43. The van der Waals surface area contributed by atoms with Gasteiger partial charge in [-0.3, -0.25) is 0 Å². The molecule has 0 bridgehead atoms. The number of hydrogen-bond donors (Lipinski definition) is 1. The second-order valence-electron chi connectivity index (χ2n) is 3.36. The minimum absolute atomic E-state index is 0.00419. The molecule has 1 N–H and O–H groups in total. The summed E-state index contributed by atoms with van der Waals surface area (Å²) in [6.07, 6.45) is -4.27. The largest absolute Gasteiger partial charge is 0.470 e. The van der Waals surface area contributed by atoms with E-state index in [1.54, 1.807) is 0 Å². The normalized spacial score (nSPS) is 12.4. The number of alkyl halides is 3. The molecule has 1 aromatic heterocycles. The molecule has 86 valence electrons. The van der Waals surface area contributed by atoms with Crippen LogP contribution in [0.1, 0.15) is 25.6 Å². The summed E-state index contributed by atoms with van der Waals surface area (Å²) in [4.78, 5) is 0. The second-order valence-corrected chi connectivity index (χ2v) is 3.36. The molecule has 0 spiro atoms. The molecule has 1 aromatic rings. The molecule has 4 nitrogen and oxygen atoms in total. The van der Waals surface area contributed by atoms with Crippen LogP contribution in [0, 0.1) is 0 Å². The first-order chi connectivity index (χ1) is 6.89. The number of hydrogen-bond acceptors (Lipinski definition) is 4. The summed E-state index contributed by atoms with van der Waals surface area (Å²) in [5.74, 6) is -1.29. The van der Waals surface area contributed by atoms with Crippen LogP contribution < -0.4 is 5.32 Å². The fourth-order valence-corrected chi connectivity index (χ4v) is 0.937. The van der Waals surface area contributed by atoms with E-state index in [-0.39, 0.29) is 11.9 Å². The molecule has 0 unspecified atom stereocenters. The van der Waals surface area contributed by atoms with E-state index in [9.17, 15) is 13.2 Å². The lowest BCUT2D eigenvalue weighted by Crippen LogP contribution is -2.25. The highest BCUT2D eigenvalue weighted by Gasteiger charge is 2.37. The lowest BCUT2D eigenvalue weighted by Gasteiger charge is -2.04. The minimum Gasteiger partial charge on any atom is -0.417 e. The van der Waals surface area contributed by atoms with Crippen LogP contribution in [0.2, 0.25) is 0 Å². The van der Waals surface area contributed by atoms with Crippen molar-refractivity contribution < 1.29 is 17.6 Å². The van der Waals surface area contributed by atoms with Gasteiger partial charge < -0.3 is 9.73 Å². The molecule has 0 atom stereocenters. The summed E-state index contributed by atoms with van der Waals surface area (Å²) < 4.78 is 40.6. The van der Waals surface area contributed by atoms with Gasteiger partial charge in [-0.15, -0.1) is 10.2 Å². The Labute approximate surface area is 84.9 Å². The van der Waals surface area contributed by atoms with Crippen LogP contribution in [0.4, 0.5) is 13.2 Å². The fraction of sp³-hybridized carbons (Fsp3) is 0.750. The lowest BCUT2D eigenvalue weighted by atomic mass is 10.3. The van der Waals surface area contributed by atoms with Gasteiger partial charge in [-0.05, 0) is 0 Å². The van der Waals surface area contributed by atoms with Gasteiger partial charge in [-0.1, -0.05) is 13.8 Å². The standard InChI is InChI=1S/C8H12F3N3O/c1-5(2)12-4-3-6-13-14-7(15-6)8(9,10)11/h5,12H,3-4H2,1-2H3. The Balaban J connectivity index is 2.47. The van der Waals surface area contributed by atoms with Crippen LogP contribution in [0.25, 0.3) is 0 Å². The topological polar surface area (TPSA) is 51.0 Å². The Morgan fingerprint density at radius 2 is 2.00 bits per heavy atom. The van der Waals surface area contributed by atoms with E-state index >= 15 is 0 Å². The van der Waals surface area contributed by atoms with Gasteiger partial charge in [-0.2, -0.15) is 13.2 Å². The first-order valence-electron chi connectivity index (χ1n) is 4.52. The van der Waals surface area contributed by atoms with Crippen molar-refractivity contribution in [3.8, 4) is 0 Å². The number of rotatable bonds is 4. The van der Waals surface area contributed by atoms with E-state index in [0.29, 0.717) is 13.0 Å². The highest BCUT2D eigenvalue weighted by Crippen LogP contribution is 2.27. The van der Waals surface area contributed by atoms with Gasteiger partial charge in [0.05, 0.1) is 0 Å². The van der Waals surface area contributed by atoms with Gasteiger partial charge in [0.25, 0.3) is 0 Å². The van der Waals surface area contributed by atoms with Crippen molar-refractivity contribution >= 4 is 0 Å². The molecule has 0 amide bonds. The summed E-state index contributed by atoms with van der Waals surface area (Å²) in [5.41, 5.74) is 0. The molecule has 0 aliphatic rings. The van der Waals surface area contributed by atoms with Crippen molar-refractivity contribution in [2.24, 2.45) is 0 Å². The molecular formula is C8H12F3N3O. The molecule has 0 aliphatic carbocycles. The Morgan fingerprint density at radius 3 is 2.47 bits per heavy atom. The Kier molecular flexibility index (Phi) is 3.67. The highest BCUT2D eigenvalue weighted by molar-refractivity contribution is 4.86. The lowest BCUT2D eigenvalue weighted by molar-refractivity contribution is -0.157. The first-order valence-corrected chi connectivity index (χ1v) is 4.52. The predicted octanol–water partition coefficient (Wildman–Crippen LogP) is 1.63. The van der Waals surface area contributed by atoms with E-state index in [1.807, 2.05) is 13.8 Å². The molecule has 0 aromatic carbocycles. The summed E-state index contributed by atoms with van der Waals surface area (Å²) in [5, 5.41) is 9.25. The van der Waals surface area contributed by atoms with Gasteiger partial charge >= 0.3 is 12.1 Å². The van der Waals surface area contributed by atoms with Crippen molar-refractivity contribution in [1.29, 1.82) is 0 Å². The van der Waals surface area contributed by atoms with Crippen LogP contribution in [-0.2, 0) is 12.6 Å². The third-order valence-electron chi connectivity index (χ3n) is 1.60. The van der Waals surface area contributed by atoms with E-state index in [4.69, 9.17) is 0 Å². The number of nitrogens with one attached hydrogen (secondary N) is 1. The SMILES string of the molecule is CC(C)NCCc1nnc(C(F)(F)F)o1. The summed E-state index contributed by atoms with van der Waals surface area (Å²) in [6.45, 7) is 4.39. The van der Waals surface area contributed by atoms with Crippen LogP contribution in [0.3, 0.4) is 0 Å². The zero-order chi connectivity index (χ0) is 11.5. The maximum absolute atomic E-state index is 12.0. The second kappa shape index (κ2) is 4.61. The quantitative estimate of drug-likeness (QED) is 0.842. The van der Waals surface area contributed by atoms with Crippen molar-refractivity contribution in [2.45, 2.75) is 32.5 Å². The van der Waals surface area contributed by atoms with Crippen LogP contribution in [-0.4, -0.2) is 22.8 Å². The smallest absolute Gasteiger partial charge is 0.417 e. The number of nitrogens with zero attached hydrogens (tertiary/aromatic N) is 2. The van der Waals surface area contributed by atoms with Gasteiger partial charge in [0, 0.05) is 19.0 Å². The molecule has 0 saturated carbocycles. The zero-order valence-corrected chi connectivity index (χ0v) is 8.43. The molecule has 15 heavy (non-hydrogen) atoms. The number of aromatic nitrogens is 2. The average molecular weight is 223 g/mol. The van der Waals surface area contributed by atoms with E-state index in [2.05, 4.69) is 19.9 Å². The van der Waals surface area contributed by atoms with Crippen LogP contribution in [0.15, 0.2) is 4.42 Å². The van der Waals surface area contributed by atoms with E-state index in [1.165, 1.54) is 0 Å². The summed E-state index contributed by atoms with van der Waals surface area (Å²) >= 11 is 0. The monoisotopic (exact) mass is 223 g/mol. The molecular weight excluding hydrogens is 211 g/mol. The van der Waals surface area contributed by atoms with Crippen molar-refractivity contribution in [1.82, 2.24) is 15.5 Å². The van der Waals surface area contributed by atoms with Gasteiger partial charge in [0.1, 0.15) is 0 Å². The summed E-state index contributed by atoms with van der Waals surface area (Å²) in [7, 11) is 0. The summed E-state index contributed by atoms with van der Waals surface area (Å²) in [6, 6.07) is 0.273. The molecule has 0 saturated heterocycles. The third kappa shape index (κ3) is 3.86. The minimum atomic E-state index is -4.56. The molecule has 1 heterocycles. The van der Waals surface area contributed by atoms with E-state index in [0.717, 1.165) is 0 Å². The van der Waals surface area contributed by atoms with Gasteiger partial charge in [-0.25, -0.2) is 0 Å². The first kappa shape index (κ1) is 12.0. The molecule has 0 radical (unpaired) electrons. The van der Waals surface area contributed by atoms with Crippen molar-refractivity contribution in [3.63, 3.8) is 0 Å². The Morgan fingerprint density at radius 1 is 1.33 bits per heavy atom. The molecule has 0 aliphatic heterocycles. The van der Waals surface area contributed by atoms with E-state index < -0.39 is 12.1 Å². The molecule has 7 heteroatoms. The van der Waals surface area contributed by atoms with Crippen LogP contribution >= 0.6 is 0 Å².